The van der Waals surface area contributed by atoms with Gasteiger partial charge in [0.1, 0.15) is 11.8 Å². The fourth-order valence-electron chi connectivity index (χ4n) is 2.56. The zero-order valence-electron chi connectivity index (χ0n) is 7.50. The van der Waals surface area contributed by atoms with Crippen molar-refractivity contribution in [3.05, 3.63) is 0 Å². The Kier molecular flexibility index (Phi) is 1.27. The van der Waals surface area contributed by atoms with Crippen molar-refractivity contribution in [2.75, 3.05) is 0 Å². The minimum Gasteiger partial charge on any atom is -0.391 e. The van der Waals surface area contributed by atoms with E-state index in [2.05, 4.69) is 9.47 Å². The molecule has 1 aliphatic carbocycles. The molecule has 0 atom stereocenters. The topological polar surface area (TPSA) is 127 Å². The molecule has 0 aromatic heterocycles. The number of fused-ring (bicyclic) bond motifs is 4. The summed E-state index contributed by atoms with van der Waals surface area (Å²) in [5, 5.41) is 19.6. The summed E-state index contributed by atoms with van der Waals surface area (Å²) < 4.78 is 8.20. The van der Waals surface area contributed by atoms with E-state index in [0.717, 1.165) is 0 Å². The van der Waals surface area contributed by atoms with Gasteiger partial charge in [-0.25, -0.2) is 9.59 Å². The Morgan fingerprint density at radius 3 is 1.44 bits per heavy atom. The molecule has 0 amide bonds. The highest BCUT2D eigenvalue weighted by atomic mass is 16.6. The van der Waals surface area contributed by atoms with Gasteiger partial charge in [-0.05, 0) is 0 Å². The fraction of sp³-hybridized carbons (Fsp3) is 0.500. The van der Waals surface area contributed by atoms with Crippen molar-refractivity contribution in [2.24, 2.45) is 11.8 Å². The van der Waals surface area contributed by atoms with Crippen LogP contribution in [-0.4, -0.2) is 45.3 Å². The van der Waals surface area contributed by atoms with Crippen LogP contribution in [0.5, 0.6) is 0 Å². The molecule has 1 saturated carbocycles. The lowest BCUT2D eigenvalue weighted by molar-refractivity contribution is -0.236. The number of rotatable bonds is 0. The first-order valence-electron chi connectivity index (χ1n) is 4.31. The highest BCUT2D eigenvalue weighted by Crippen LogP contribution is 2.60. The van der Waals surface area contributed by atoms with Gasteiger partial charge in [0.15, 0.2) is 11.2 Å². The van der Waals surface area contributed by atoms with E-state index in [1.165, 1.54) is 0 Å². The third-order valence-corrected chi connectivity index (χ3v) is 3.27. The Morgan fingerprint density at radius 1 is 0.812 bits per heavy atom. The largest absolute Gasteiger partial charge is 0.391 e. The number of aliphatic hydroxyl groups is 2. The predicted octanol–water partition coefficient (Wildman–Crippen LogP) is -3.14. The number of carbonyl (C=O) groups excluding carboxylic acids is 4. The summed E-state index contributed by atoms with van der Waals surface area (Å²) >= 11 is 0. The molecule has 0 unspecified atom stereocenters. The molecule has 8 heteroatoms. The molecule has 2 heterocycles. The van der Waals surface area contributed by atoms with Crippen LogP contribution in [0.25, 0.3) is 0 Å². The molecule has 0 aromatic carbocycles. The third kappa shape index (κ3) is 0.607. The molecule has 0 bridgehead atoms. The maximum Gasteiger partial charge on any atom is 0.347 e. The van der Waals surface area contributed by atoms with Crippen LogP contribution in [0.15, 0.2) is 0 Å². The molecule has 84 valence electrons. The first-order valence-corrected chi connectivity index (χ1v) is 4.31. The van der Waals surface area contributed by atoms with E-state index in [9.17, 15) is 29.4 Å². The second-order valence-electron chi connectivity index (χ2n) is 3.93. The summed E-state index contributed by atoms with van der Waals surface area (Å²) in [5.41, 5.74) is -4.95. The molecule has 16 heavy (non-hydrogen) atoms. The molecular formula is C8H4O8. The lowest BCUT2D eigenvalue weighted by Gasteiger charge is -2.47. The molecule has 8 nitrogen and oxygen atoms in total. The molecule has 3 fully saturated rings. The lowest BCUT2D eigenvalue weighted by Crippen LogP contribution is -2.76. The number of ether oxygens (including phenoxy) is 2. The van der Waals surface area contributed by atoms with E-state index >= 15 is 0 Å². The van der Waals surface area contributed by atoms with Gasteiger partial charge in [-0.1, -0.05) is 0 Å². The average molecular weight is 228 g/mol. The Morgan fingerprint density at radius 2 is 1.12 bits per heavy atom. The highest BCUT2D eigenvalue weighted by molar-refractivity contribution is 6.17. The fourth-order valence-corrected chi connectivity index (χ4v) is 2.56. The Labute approximate surface area is 86.7 Å². The van der Waals surface area contributed by atoms with Crippen LogP contribution in [0.1, 0.15) is 0 Å². The lowest BCUT2D eigenvalue weighted by atomic mass is 9.52. The summed E-state index contributed by atoms with van der Waals surface area (Å²) in [6.45, 7) is 0. The monoisotopic (exact) mass is 228 g/mol. The first-order chi connectivity index (χ1) is 7.34. The third-order valence-electron chi connectivity index (χ3n) is 3.27. The van der Waals surface area contributed by atoms with Crippen LogP contribution in [-0.2, 0) is 28.7 Å². The van der Waals surface area contributed by atoms with Crippen LogP contribution in [0, 0.1) is 11.8 Å². The minimum absolute atomic E-state index is 1.24. The van der Waals surface area contributed by atoms with Gasteiger partial charge >= 0.3 is 23.9 Å². The van der Waals surface area contributed by atoms with Gasteiger partial charge in [0, 0.05) is 0 Å². The Hall–Kier alpha value is -1.80. The summed E-state index contributed by atoms with van der Waals surface area (Å²) in [4.78, 5) is 44.7. The average Bonchev–Trinajstić information content (AvgIpc) is 2.44. The molecule has 3 rings (SSSR count). The van der Waals surface area contributed by atoms with Gasteiger partial charge < -0.3 is 19.7 Å². The van der Waals surface area contributed by atoms with E-state index in [1.54, 1.807) is 0 Å². The summed E-state index contributed by atoms with van der Waals surface area (Å²) in [6.07, 6.45) is 0. The standard InChI is InChI=1S/C8H4O8/c9-3-1-7(13,5(11)15-3)2-4(10)16-6(12)8(1,2)14/h1-2,13-14H. The number of hydrogen-bond donors (Lipinski definition) is 2. The van der Waals surface area contributed by atoms with Gasteiger partial charge in [0.05, 0.1) is 0 Å². The molecule has 2 N–H and O–H groups in total. The van der Waals surface area contributed by atoms with E-state index in [0.29, 0.717) is 0 Å². The molecule has 0 aromatic rings. The summed E-state index contributed by atoms with van der Waals surface area (Å²) in [7, 11) is 0. The van der Waals surface area contributed by atoms with Crippen molar-refractivity contribution in [2.45, 2.75) is 11.2 Å². The smallest absolute Gasteiger partial charge is 0.347 e. The van der Waals surface area contributed by atoms with Gasteiger partial charge in [-0.3, -0.25) is 9.59 Å². The van der Waals surface area contributed by atoms with Crippen LogP contribution < -0.4 is 0 Å². The van der Waals surface area contributed by atoms with Crippen LogP contribution >= 0.6 is 0 Å². The zero-order valence-corrected chi connectivity index (χ0v) is 7.50. The number of esters is 4. The van der Waals surface area contributed by atoms with Crippen molar-refractivity contribution in [3.8, 4) is 0 Å². The normalized spacial score (nSPS) is 49.4. The van der Waals surface area contributed by atoms with Gasteiger partial charge in [0.25, 0.3) is 0 Å². The van der Waals surface area contributed by atoms with Crippen LogP contribution in [0.4, 0.5) is 0 Å². The molecule has 0 spiro atoms. The summed E-state index contributed by atoms with van der Waals surface area (Å²) in [5.74, 6) is -8.73. The number of cyclic esters (lactones) is 4. The molecule has 3 aliphatic rings. The second kappa shape index (κ2) is 2.15. The van der Waals surface area contributed by atoms with Crippen LogP contribution in [0.3, 0.4) is 0 Å². The SMILES string of the molecule is O=C1OC(=O)C2(O)C1C1(O)C(=O)OC(=O)C21. The summed E-state index contributed by atoms with van der Waals surface area (Å²) in [6, 6.07) is 0. The van der Waals surface area contributed by atoms with Crippen molar-refractivity contribution in [3.63, 3.8) is 0 Å². The first kappa shape index (κ1) is 9.43. The predicted molar refractivity (Wildman–Crippen MR) is 39.1 cm³/mol. The second-order valence-corrected chi connectivity index (χ2v) is 3.93. The molecular weight excluding hydrogens is 224 g/mol. The van der Waals surface area contributed by atoms with Crippen molar-refractivity contribution >= 4 is 23.9 Å². The maximum absolute atomic E-state index is 11.2. The molecule has 2 aliphatic heterocycles. The minimum atomic E-state index is -2.48. The molecule has 0 radical (unpaired) electrons. The van der Waals surface area contributed by atoms with E-state index in [1.807, 2.05) is 0 Å². The van der Waals surface area contributed by atoms with E-state index in [-0.39, 0.29) is 0 Å². The van der Waals surface area contributed by atoms with Gasteiger partial charge in [0.2, 0.25) is 0 Å². The van der Waals surface area contributed by atoms with Crippen LogP contribution in [0.2, 0.25) is 0 Å². The number of hydrogen-bond acceptors (Lipinski definition) is 8. The Balaban J connectivity index is 2.20. The van der Waals surface area contributed by atoms with Gasteiger partial charge in [-0.15, -0.1) is 0 Å². The Bertz CT molecular complexity index is 424. The van der Waals surface area contributed by atoms with Crippen molar-refractivity contribution < 1.29 is 38.9 Å². The van der Waals surface area contributed by atoms with E-state index < -0.39 is 46.9 Å². The van der Waals surface area contributed by atoms with Crippen molar-refractivity contribution in [1.82, 2.24) is 0 Å². The number of carbonyl (C=O) groups is 4. The molecule has 2 saturated heterocycles. The van der Waals surface area contributed by atoms with Gasteiger partial charge in [-0.2, -0.15) is 0 Å². The van der Waals surface area contributed by atoms with Crippen molar-refractivity contribution in [1.29, 1.82) is 0 Å². The highest BCUT2D eigenvalue weighted by Gasteiger charge is 2.90. The van der Waals surface area contributed by atoms with E-state index in [4.69, 9.17) is 0 Å². The quantitative estimate of drug-likeness (QED) is 0.329. The zero-order chi connectivity index (χ0) is 11.9. The maximum atomic E-state index is 11.2.